The standard InChI is InChI=1S/C18H17Cl2FN2O.C8H10S/c1-12(24)14-10-22(9-13-3-2-4-16(21)7-13)23(11-14)18-6-5-15(19)8-17(18)20;1-7-3-5-8(9-2)6-4-7/h2-8,14H,9-11H2,1H3;3-6H,1-2H3. The first-order valence-corrected chi connectivity index (χ1v) is 12.6. The van der Waals surface area contributed by atoms with Crippen molar-refractivity contribution >= 4 is 46.4 Å². The predicted molar refractivity (Wildman–Crippen MR) is 138 cm³/mol. The van der Waals surface area contributed by atoms with E-state index in [4.69, 9.17) is 23.2 Å². The van der Waals surface area contributed by atoms with Crippen LogP contribution in [0.5, 0.6) is 0 Å². The van der Waals surface area contributed by atoms with Crippen molar-refractivity contribution in [3.63, 3.8) is 0 Å². The van der Waals surface area contributed by atoms with Gasteiger partial charge in [0.15, 0.2) is 0 Å². The molecule has 0 aliphatic carbocycles. The van der Waals surface area contributed by atoms with E-state index in [1.54, 1.807) is 36.9 Å². The van der Waals surface area contributed by atoms with Crippen molar-refractivity contribution in [3.8, 4) is 0 Å². The lowest BCUT2D eigenvalue weighted by atomic mass is 10.1. The van der Waals surface area contributed by atoms with Crippen LogP contribution in [0.25, 0.3) is 0 Å². The van der Waals surface area contributed by atoms with Gasteiger partial charge in [-0.15, -0.1) is 11.8 Å². The molecule has 3 aromatic rings. The van der Waals surface area contributed by atoms with E-state index in [9.17, 15) is 9.18 Å². The summed E-state index contributed by atoms with van der Waals surface area (Å²) >= 11 is 14.1. The second-order valence-corrected chi connectivity index (χ2v) is 9.70. The molecule has 0 spiro atoms. The first-order chi connectivity index (χ1) is 15.8. The van der Waals surface area contributed by atoms with E-state index in [2.05, 4.69) is 37.4 Å². The molecule has 1 aliphatic heterocycles. The number of benzene rings is 3. The minimum atomic E-state index is -0.272. The van der Waals surface area contributed by atoms with E-state index in [1.165, 1.54) is 22.6 Å². The average Bonchev–Trinajstić information content (AvgIpc) is 3.18. The molecular weight excluding hydrogens is 478 g/mol. The molecule has 1 heterocycles. The zero-order chi connectivity index (χ0) is 24.0. The van der Waals surface area contributed by atoms with E-state index in [-0.39, 0.29) is 17.5 Å². The summed E-state index contributed by atoms with van der Waals surface area (Å²) in [5.74, 6) is -0.247. The van der Waals surface area contributed by atoms with Crippen LogP contribution in [0.1, 0.15) is 18.1 Å². The van der Waals surface area contributed by atoms with Gasteiger partial charge in [-0.2, -0.15) is 0 Å². The molecular formula is C26H27Cl2FN2OS. The van der Waals surface area contributed by atoms with Crippen LogP contribution in [-0.2, 0) is 11.3 Å². The lowest BCUT2D eigenvalue weighted by molar-refractivity contribution is -0.120. The van der Waals surface area contributed by atoms with Crippen LogP contribution in [-0.4, -0.2) is 30.1 Å². The first-order valence-electron chi connectivity index (χ1n) is 10.6. The summed E-state index contributed by atoms with van der Waals surface area (Å²) in [7, 11) is 0. The van der Waals surface area contributed by atoms with Gasteiger partial charge in [-0.1, -0.05) is 53.0 Å². The normalized spacial score (nSPS) is 15.8. The van der Waals surface area contributed by atoms with Crippen LogP contribution in [0.15, 0.2) is 71.6 Å². The van der Waals surface area contributed by atoms with Crippen molar-refractivity contribution in [2.75, 3.05) is 24.4 Å². The lowest BCUT2D eigenvalue weighted by Gasteiger charge is -2.30. The molecule has 4 rings (SSSR count). The summed E-state index contributed by atoms with van der Waals surface area (Å²) in [5, 5.41) is 5.09. The fraction of sp³-hybridized carbons (Fsp3) is 0.269. The van der Waals surface area contributed by atoms with E-state index in [0.717, 1.165) is 11.3 Å². The Morgan fingerprint density at radius 1 is 1.06 bits per heavy atom. The largest absolute Gasteiger partial charge is 0.303 e. The number of aryl methyl sites for hydroxylation is 1. The Morgan fingerprint density at radius 2 is 1.79 bits per heavy atom. The van der Waals surface area contributed by atoms with Gasteiger partial charge < -0.3 is 5.01 Å². The minimum absolute atomic E-state index is 0.106. The van der Waals surface area contributed by atoms with Crippen LogP contribution in [0.2, 0.25) is 10.0 Å². The molecule has 0 radical (unpaired) electrons. The van der Waals surface area contributed by atoms with Gasteiger partial charge in [-0.25, -0.2) is 9.40 Å². The number of carbonyl (C=O) groups excluding carboxylic acids is 1. The highest BCUT2D eigenvalue weighted by atomic mass is 35.5. The molecule has 7 heteroatoms. The molecule has 3 aromatic carbocycles. The van der Waals surface area contributed by atoms with Crippen molar-refractivity contribution in [3.05, 3.63) is 93.7 Å². The van der Waals surface area contributed by atoms with Gasteiger partial charge in [0.1, 0.15) is 11.6 Å². The van der Waals surface area contributed by atoms with Crippen LogP contribution in [0, 0.1) is 18.7 Å². The zero-order valence-corrected chi connectivity index (χ0v) is 21.2. The van der Waals surface area contributed by atoms with Crippen molar-refractivity contribution in [1.29, 1.82) is 0 Å². The summed E-state index contributed by atoms with van der Waals surface area (Å²) in [4.78, 5) is 13.2. The van der Waals surface area contributed by atoms with E-state index in [0.29, 0.717) is 29.7 Å². The molecule has 0 amide bonds. The molecule has 0 aromatic heterocycles. The predicted octanol–water partition coefficient (Wildman–Crippen LogP) is 7.29. The van der Waals surface area contributed by atoms with Crippen LogP contribution < -0.4 is 5.01 Å². The van der Waals surface area contributed by atoms with Crippen LogP contribution in [0.4, 0.5) is 10.1 Å². The average molecular weight is 505 g/mol. The van der Waals surface area contributed by atoms with Gasteiger partial charge >= 0.3 is 0 Å². The quantitative estimate of drug-likeness (QED) is 0.340. The second kappa shape index (κ2) is 11.9. The molecule has 0 N–H and O–H groups in total. The SMILES string of the molecule is CC(=O)C1CN(Cc2cccc(F)c2)N(c2ccc(Cl)cc2Cl)C1.CSc1ccc(C)cc1. The molecule has 1 fully saturated rings. The molecule has 0 bridgehead atoms. The Kier molecular flexibility index (Phi) is 9.21. The van der Waals surface area contributed by atoms with Gasteiger partial charge in [-0.3, -0.25) is 4.79 Å². The Balaban J connectivity index is 0.000000286. The molecule has 0 saturated carbocycles. The number of rotatable bonds is 5. The summed E-state index contributed by atoms with van der Waals surface area (Å²) < 4.78 is 13.5. The minimum Gasteiger partial charge on any atom is -0.303 e. The van der Waals surface area contributed by atoms with E-state index < -0.39 is 0 Å². The smallest absolute Gasteiger partial charge is 0.136 e. The summed E-state index contributed by atoms with van der Waals surface area (Å²) in [6.07, 6.45) is 2.09. The number of hydrazine groups is 1. The molecule has 33 heavy (non-hydrogen) atoms. The summed E-state index contributed by atoms with van der Waals surface area (Å²) in [6.45, 7) is 5.32. The Labute approximate surface area is 209 Å². The molecule has 174 valence electrons. The van der Waals surface area contributed by atoms with Gasteiger partial charge in [-0.05, 0) is 68.1 Å². The number of anilines is 1. The third-order valence-electron chi connectivity index (χ3n) is 5.44. The fourth-order valence-electron chi connectivity index (χ4n) is 3.60. The number of Topliss-reactive ketones (excluding diaryl/α,β-unsaturated/α-hetero) is 1. The third kappa shape index (κ3) is 7.21. The Morgan fingerprint density at radius 3 is 2.39 bits per heavy atom. The highest BCUT2D eigenvalue weighted by Gasteiger charge is 2.33. The number of nitrogens with zero attached hydrogens (tertiary/aromatic N) is 2. The van der Waals surface area contributed by atoms with Crippen LogP contribution in [0.3, 0.4) is 0 Å². The summed E-state index contributed by atoms with van der Waals surface area (Å²) in [6, 6.07) is 20.3. The van der Waals surface area contributed by atoms with Crippen molar-refractivity contribution in [1.82, 2.24) is 5.01 Å². The van der Waals surface area contributed by atoms with E-state index in [1.807, 2.05) is 22.2 Å². The number of hydrogen-bond donors (Lipinski definition) is 0. The molecule has 1 atom stereocenters. The molecule has 1 unspecified atom stereocenters. The first kappa shape index (κ1) is 25.6. The molecule has 3 nitrogen and oxygen atoms in total. The number of carbonyl (C=O) groups is 1. The van der Waals surface area contributed by atoms with Crippen LogP contribution >= 0.6 is 35.0 Å². The van der Waals surface area contributed by atoms with Crippen molar-refractivity contribution in [2.45, 2.75) is 25.3 Å². The zero-order valence-electron chi connectivity index (χ0n) is 18.9. The summed E-state index contributed by atoms with van der Waals surface area (Å²) in [5.41, 5.74) is 2.96. The number of hydrogen-bond acceptors (Lipinski definition) is 4. The van der Waals surface area contributed by atoms with Crippen molar-refractivity contribution < 1.29 is 9.18 Å². The number of halogens is 3. The lowest BCUT2D eigenvalue weighted by Crippen LogP contribution is -2.36. The van der Waals surface area contributed by atoms with Crippen molar-refractivity contribution in [2.24, 2.45) is 5.92 Å². The molecule has 1 saturated heterocycles. The van der Waals surface area contributed by atoms with Gasteiger partial charge in [0.25, 0.3) is 0 Å². The maximum Gasteiger partial charge on any atom is 0.136 e. The maximum atomic E-state index is 13.5. The maximum absolute atomic E-state index is 13.5. The number of thioether (sulfide) groups is 1. The van der Waals surface area contributed by atoms with Gasteiger partial charge in [0, 0.05) is 29.6 Å². The fourth-order valence-corrected chi connectivity index (χ4v) is 4.52. The Hall–Kier alpha value is -2.05. The third-order valence-corrected chi connectivity index (χ3v) is 6.72. The van der Waals surface area contributed by atoms with Gasteiger partial charge in [0.05, 0.1) is 16.6 Å². The highest BCUT2D eigenvalue weighted by molar-refractivity contribution is 7.98. The highest BCUT2D eigenvalue weighted by Crippen LogP contribution is 2.34. The second-order valence-electron chi connectivity index (χ2n) is 7.98. The van der Waals surface area contributed by atoms with E-state index >= 15 is 0 Å². The van der Waals surface area contributed by atoms with Gasteiger partial charge in [0.2, 0.25) is 0 Å². The topological polar surface area (TPSA) is 23.6 Å². The number of ketones is 1. The molecule has 1 aliphatic rings. The monoisotopic (exact) mass is 504 g/mol. The Bertz CT molecular complexity index is 1090.